The monoisotopic (exact) mass is 232 g/mol. The third-order valence-corrected chi connectivity index (χ3v) is 3.47. The topological polar surface area (TPSA) is 50.4 Å². The lowest BCUT2D eigenvalue weighted by molar-refractivity contribution is -0.122. The van der Waals surface area contributed by atoms with E-state index in [0.29, 0.717) is 5.92 Å². The van der Waals surface area contributed by atoms with Crippen molar-refractivity contribution in [3.05, 3.63) is 23.8 Å². The minimum atomic E-state index is -0.401. The first kappa shape index (κ1) is 10.6. The van der Waals surface area contributed by atoms with Crippen LogP contribution < -0.4 is 15.4 Å². The van der Waals surface area contributed by atoms with Gasteiger partial charge in [-0.2, -0.15) is 0 Å². The number of anilines is 1. The number of hydrogen-bond donors (Lipinski definition) is 2. The number of carbonyl (C=O) groups is 1. The van der Waals surface area contributed by atoms with Crippen molar-refractivity contribution in [2.75, 3.05) is 18.4 Å². The van der Waals surface area contributed by atoms with Crippen molar-refractivity contribution in [3.8, 4) is 5.75 Å². The summed E-state index contributed by atoms with van der Waals surface area (Å²) in [6.45, 7) is 3.85. The first-order chi connectivity index (χ1) is 8.24. The van der Waals surface area contributed by atoms with E-state index < -0.39 is 6.10 Å². The molecule has 4 nitrogen and oxygen atoms in total. The Morgan fingerprint density at radius 3 is 3.06 bits per heavy atom. The van der Waals surface area contributed by atoms with E-state index >= 15 is 0 Å². The second-order valence-corrected chi connectivity index (χ2v) is 4.69. The van der Waals surface area contributed by atoms with Gasteiger partial charge in [-0.25, -0.2) is 0 Å². The highest BCUT2D eigenvalue weighted by Crippen LogP contribution is 2.34. The van der Waals surface area contributed by atoms with Crippen molar-refractivity contribution in [2.45, 2.75) is 25.4 Å². The van der Waals surface area contributed by atoms with E-state index in [1.54, 1.807) is 6.92 Å². The van der Waals surface area contributed by atoms with Gasteiger partial charge < -0.3 is 15.4 Å². The number of hydrogen-bond acceptors (Lipinski definition) is 3. The molecule has 1 amide bonds. The van der Waals surface area contributed by atoms with Crippen molar-refractivity contribution in [2.24, 2.45) is 0 Å². The van der Waals surface area contributed by atoms with Gasteiger partial charge in [0.2, 0.25) is 0 Å². The van der Waals surface area contributed by atoms with Gasteiger partial charge in [-0.15, -0.1) is 0 Å². The summed E-state index contributed by atoms with van der Waals surface area (Å²) in [6.07, 6.45) is 0.755. The Balaban J connectivity index is 1.90. The lowest BCUT2D eigenvalue weighted by atomic mass is 9.97. The maximum atomic E-state index is 11.5. The molecule has 2 N–H and O–H groups in total. The second kappa shape index (κ2) is 4.04. The normalized spacial score (nSPS) is 27.2. The first-order valence-electron chi connectivity index (χ1n) is 6.06. The molecule has 17 heavy (non-hydrogen) atoms. The molecule has 0 spiro atoms. The van der Waals surface area contributed by atoms with E-state index in [2.05, 4.69) is 16.7 Å². The summed E-state index contributed by atoms with van der Waals surface area (Å²) in [5.74, 6) is 1.25. The van der Waals surface area contributed by atoms with Crippen molar-refractivity contribution in [1.82, 2.24) is 5.32 Å². The van der Waals surface area contributed by atoms with Crippen LogP contribution in [0.3, 0.4) is 0 Å². The van der Waals surface area contributed by atoms with Crippen molar-refractivity contribution in [1.29, 1.82) is 0 Å². The summed E-state index contributed by atoms with van der Waals surface area (Å²) >= 11 is 0. The average Bonchev–Trinajstić information content (AvgIpc) is 2.83. The molecule has 1 aromatic rings. The molecule has 1 saturated heterocycles. The summed E-state index contributed by atoms with van der Waals surface area (Å²) in [5.41, 5.74) is 2.07. The van der Waals surface area contributed by atoms with Crippen LogP contribution in [0.2, 0.25) is 0 Å². The average molecular weight is 232 g/mol. The van der Waals surface area contributed by atoms with E-state index in [1.165, 1.54) is 5.56 Å². The molecule has 3 rings (SSSR count). The highest BCUT2D eigenvalue weighted by molar-refractivity contribution is 5.97. The number of rotatable bonds is 1. The second-order valence-electron chi connectivity index (χ2n) is 4.69. The summed E-state index contributed by atoms with van der Waals surface area (Å²) in [4.78, 5) is 11.5. The lowest BCUT2D eigenvalue weighted by Gasteiger charge is -2.24. The minimum Gasteiger partial charge on any atom is -0.479 e. The molecule has 0 aromatic heterocycles. The minimum absolute atomic E-state index is 0.0702. The van der Waals surface area contributed by atoms with Gasteiger partial charge in [0.1, 0.15) is 5.75 Å². The van der Waals surface area contributed by atoms with E-state index in [9.17, 15) is 4.79 Å². The third-order valence-electron chi connectivity index (χ3n) is 3.47. The van der Waals surface area contributed by atoms with Crippen LogP contribution in [0.15, 0.2) is 18.2 Å². The van der Waals surface area contributed by atoms with Crippen LogP contribution in [-0.4, -0.2) is 25.1 Å². The Kier molecular flexibility index (Phi) is 2.52. The maximum Gasteiger partial charge on any atom is 0.265 e. The molecule has 0 saturated carbocycles. The van der Waals surface area contributed by atoms with Gasteiger partial charge in [0.15, 0.2) is 6.10 Å². The number of nitrogens with one attached hydrogen (secondary N) is 2. The van der Waals surface area contributed by atoms with Gasteiger partial charge >= 0.3 is 0 Å². The Morgan fingerprint density at radius 2 is 2.29 bits per heavy atom. The molecule has 2 aliphatic rings. The lowest BCUT2D eigenvalue weighted by Crippen LogP contribution is -2.34. The van der Waals surface area contributed by atoms with Crippen LogP contribution in [0.5, 0.6) is 5.75 Å². The van der Waals surface area contributed by atoms with Crippen LogP contribution in [0.4, 0.5) is 5.69 Å². The molecular formula is C13H16N2O2. The van der Waals surface area contributed by atoms with Crippen molar-refractivity contribution >= 4 is 11.6 Å². The quantitative estimate of drug-likeness (QED) is 0.771. The van der Waals surface area contributed by atoms with Gasteiger partial charge in [-0.1, -0.05) is 6.07 Å². The van der Waals surface area contributed by atoms with Crippen LogP contribution in [0.25, 0.3) is 0 Å². The Bertz CT molecular complexity index is 453. The molecule has 1 aromatic carbocycles. The highest BCUT2D eigenvalue weighted by Gasteiger charge is 2.25. The molecule has 1 fully saturated rings. The zero-order chi connectivity index (χ0) is 11.8. The number of carbonyl (C=O) groups excluding carboxylic acids is 1. The number of amides is 1. The summed E-state index contributed by atoms with van der Waals surface area (Å²) in [7, 11) is 0. The van der Waals surface area contributed by atoms with E-state index in [4.69, 9.17) is 4.74 Å². The molecule has 90 valence electrons. The van der Waals surface area contributed by atoms with E-state index in [0.717, 1.165) is 30.9 Å². The van der Waals surface area contributed by atoms with E-state index in [1.807, 2.05) is 12.1 Å². The maximum absolute atomic E-state index is 11.5. The fourth-order valence-electron chi connectivity index (χ4n) is 2.42. The molecule has 2 atom stereocenters. The Morgan fingerprint density at radius 1 is 1.41 bits per heavy atom. The predicted molar refractivity (Wildman–Crippen MR) is 65.4 cm³/mol. The molecule has 0 aliphatic carbocycles. The van der Waals surface area contributed by atoms with Gasteiger partial charge in [0.25, 0.3) is 5.91 Å². The fraction of sp³-hybridized carbons (Fsp3) is 0.462. The summed E-state index contributed by atoms with van der Waals surface area (Å²) < 4.78 is 5.53. The summed E-state index contributed by atoms with van der Waals surface area (Å²) in [6, 6.07) is 6.09. The summed E-state index contributed by atoms with van der Waals surface area (Å²) in [5, 5.41) is 6.24. The molecule has 2 aliphatic heterocycles. The molecule has 2 heterocycles. The van der Waals surface area contributed by atoms with Crippen LogP contribution in [0.1, 0.15) is 24.8 Å². The Labute approximate surface area is 100 Å². The number of fused-ring (bicyclic) bond motifs is 1. The molecular weight excluding hydrogens is 216 g/mol. The van der Waals surface area contributed by atoms with Crippen molar-refractivity contribution in [3.63, 3.8) is 0 Å². The highest BCUT2D eigenvalue weighted by atomic mass is 16.5. The van der Waals surface area contributed by atoms with Crippen LogP contribution >= 0.6 is 0 Å². The molecule has 0 radical (unpaired) electrons. The van der Waals surface area contributed by atoms with Crippen molar-refractivity contribution < 1.29 is 9.53 Å². The number of ether oxygens (including phenoxy) is 1. The third kappa shape index (κ3) is 1.89. The zero-order valence-electron chi connectivity index (χ0n) is 9.82. The molecule has 2 unspecified atom stereocenters. The smallest absolute Gasteiger partial charge is 0.265 e. The van der Waals surface area contributed by atoms with E-state index in [-0.39, 0.29) is 5.91 Å². The number of benzene rings is 1. The van der Waals surface area contributed by atoms with Gasteiger partial charge in [0.05, 0.1) is 5.69 Å². The largest absolute Gasteiger partial charge is 0.479 e. The van der Waals surface area contributed by atoms with Crippen LogP contribution in [-0.2, 0) is 4.79 Å². The molecule has 0 bridgehead atoms. The standard InChI is InChI=1S/C13H16N2O2/c1-8-13(16)15-11-6-9(2-3-12(11)17-8)10-4-5-14-7-10/h2-3,6,8,10,14H,4-5,7H2,1H3,(H,15,16). The molecule has 4 heteroatoms. The van der Waals surface area contributed by atoms with Gasteiger partial charge in [0, 0.05) is 6.54 Å². The van der Waals surface area contributed by atoms with Crippen LogP contribution in [0, 0.1) is 0 Å². The fourth-order valence-corrected chi connectivity index (χ4v) is 2.42. The zero-order valence-corrected chi connectivity index (χ0v) is 9.82. The first-order valence-corrected chi connectivity index (χ1v) is 6.06. The van der Waals surface area contributed by atoms with Gasteiger partial charge in [-0.3, -0.25) is 4.79 Å². The van der Waals surface area contributed by atoms with Gasteiger partial charge in [-0.05, 0) is 43.5 Å². The predicted octanol–water partition coefficient (Wildman–Crippen LogP) is 1.48. The SMILES string of the molecule is CC1Oc2ccc(C3CCNC3)cc2NC1=O. The Hall–Kier alpha value is -1.55.